The summed E-state index contributed by atoms with van der Waals surface area (Å²) in [6.07, 6.45) is 6.20. The predicted molar refractivity (Wildman–Crippen MR) is 78.7 cm³/mol. The van der Waals surface area contributed by atoms with Crippen LogP contribution in [-0.2, 0) is 11.8 Å². The summed E-state index contributed by atoms with van der Waals surface area (Å²) in [6.45, 7) is 2.69. The van der Waals surface area contributed by atoms with Gasteiger partial charge in [-0.1, -0.05) is 12.2 Å². The van der Waals surface area contributed by atoms with E-state index in [4.69, 9.17) is 17.0 Å². The Bertz CT molecular complexity index is 659. The van der Waals surface area contributed by atoms with E-state index in [9.17, 15) is 0 Å². The van der Waals surface area contributed by atoms with Crippen LogP contribution in [0.1, 0.15) is 31.7 Å². The highest BCUT2D eigenvalue weighted by molar-refractivity contribution is 7.71. The summed E-state index contributed by atoms with van der Waals surface area (Å²) >= 11 is 5.29. The molecule has 1 saturated carbocycles. The number of hydrogen-bond acceptors (Lipinski definition) is 4. The van der Waals surface area contributed by atoms with Crippen LogP contribution in [0, 0.1) is 10.6 Å². The lowest BCUT2D eigenvalue weighted by Crippen LogP contribution is -2.11. The predicted octanol–water partition coefficient (Wildman–Crippen LogP) is 3.03. The number of aromatic amines is 1. The van der Waals surface area contributed by atoms with Gasteiger partial charge in [0.25, 0.3) is 0 Å². The molecule has 1 atom stereocenters. The molecule has 20 heavy (non-hydrogen) atoms. The van der Waals surface area contributed by atoms with E-state index in [-0.39, 0.29) is 6.10 Å². The maximum atomic E-state index is 5.84. The first-order valence-corrected chi connectivity index (χ1v) is 7.30. The van der Waals surface area contributed by atoms with E-state index >= 15 is 0 Å². The molecule has 0 aliphatic heterocycles. The minimum Gasteiger partial charge on any atom is -0.370 e. The Balaban J connectivity index is 1.99. The molecule has 106 valence electrons. The van der Waals surface area contributed by atoms with Crippen molar-refractivity contribution in [3.63, 3.8) is 0 Å². The highest BCUT2D eigenvalue weighted by atomic mass is 32.1. The van der Waals surface area contributed by atoms with Gasteiger partial charge >= 0.3 is 0 Å². The van der Waals surface area contributed by atoms with E-state index < -0.39 is 0 Å². The highest BCUT2D eigenvalue weighted by Crippen LogP contribution is 2.42. The fourth-order valence-electron chi connectivity index (χ4n) is 2.34. The first kappa shape index (κ1) is 13.5. The number of nitrogens with one attached hydrogen (secondary N) is 1. The molecule has 1 aliphatic rings. The zero-order valence-corrected chi connectivity index (χ0v) is 12.5. The number of hydrogen-bond donors (Lipinski definition) is 1. The van der Waals surface area contributed by atoms with Crippen LogP contribution in [0.15, 0.2) is 18.5 Å². The van der Waals surface area contributed by atoms with Gasteiger partial charge in [-0.3, -0.25) is 4.68 Å². The van der Waals surface area contributed by atoms with Crippen molar-refractivity contribution >= 4 is 12.2 Å². The van der Waals surface area contributed by atoms with E-state index in [1.807, 2.05) is 32.4 Å². The highest BCUT2D eigenvalue weighted by Gasteiger charge is 2.34. The first-order valence-electron chi connectivity index (χ1n) is 6.89. The lowest BCUT2D eigenvalue weighted by molar-refractivity contribution is 0.0400. The molecule has 1 fully saturated rings. The largest absolute Gasteiger partial charge is 0.370 e. The molecule has 1 unspecified atom stereocenters. The van der Waals surface area contributed by atoms with Gasteiger partial charge in [0.2, 0.25) is 0 Å². The minimum atomic E-state index is 0.0262. The Labute approximate surface area is 123 Å². The average molecular weight is 290 g/mol. The van der Waals surface area contributed by atoms with Crippen molar-refractivity contribution in [2.45, 2.75) is 25.9 Å². The SMILES string of the molecule is CCOC(c1nc(=S)cc(-c2cnn(C)c2)[nH]1)C1CC1. The molecule has 2 heterocycles. The van der Waals surface area contributed by atoms with Crippen LogP contribution in [0.3, 0.4) is 0 Å². The molecule has 6 heteroatoms. The molecule has 2 aromatic heterocycles. The van der Waals surface area contributed by atoms with Gasteiger partial charge in [0.05, 0.1) is 11.9 Å². The summed E-state index contributed by atoms with van der Waals surface area (Å²) < 4.78 is 8.20. The van der Waals surface area contributed by atoms with Crippen LogP contribution in [0.2, 0.25) is 0 Å². The summed E-state index contributed by atoms with van der Waals surface area (Å²) in [4.78, 5) is 7.82. The van der Waals surface area contributed by atoms with Gasteiger partial charge in [-0.15, -0.1) is 0 Å². The molecule has 0 amide bonds. The van der Waals surface area contributed by atoms with E-state index in [1.54, 1.807) is 4.68 Å². The Hall–Kier alpha value is -1.53. The van der Waals surface area contributed by atoms with Crippen molar-refractivity contribution in [3.8, 4) is 11.3 Å². The second-order valence-corrected chi connectivity index (χ2v) is 5.55. The van der Waals surface area contributed by atoms with E-state index in [2.05, 4.69) is 15.1 Å². The molecule has 0 radical (unpaired) electrons. The van der Waals surface area contributed by atoms with Crippen molar-refractivity contribution in [2.24, 2.45) is 13.0 Å². The average Bonchev–Trinajstić information content (AvgIpc) is 3.16. The van der Waals surface area contributed by atoms with E-state index in [1.165, 1.54) is 12.8 Å². The number of nitrogens with zero attached hydrogens (tertiary/aromatic N) is 3. The van der Waals surface area contributed by atoms with Crippen molar-refractivity contribution in [2.75, 3.05) is 6.61 Å². The van der Waals surface area contributed by atoms with Crippen molar-refractivity contribution in [1.29, 1.82) is 0 Å². The molecule has 0 spiro atoms. The fourth-order valence-corrected chi connectivity index (χ4v) is 2.56. The van der Waals surface area contributed by atoms with Gasteiger partial charge in [-0.05, 0) is 31.7 Å². The van der Waals surface area contributed by atoms with Crippen LogP contribution in [-0.4, -0.2) is 26.4 Å². The number of aryl methyl sites for hydroxylation is 1. The summed E-state index contributed by atoms with van der Waals surface area (Å²) in [6, 6.07) is 1.87. The summed E-state index contributed by atoms with van der Waals surface area (Å²) in [5, 5.41) is 4.19. The molecule has 1 aliphatic carbocycles. The van der Waals surface area contributed by atoms with Crippen LogP contribution in [0.5, 0.6) is 0 Å². The zero-order valence-electron chi connectivity index (χ0n) is 11.7. The molecule has 1 N–H and O–H groups in total. The lowest BCUT2D eigenvalue weighted by atomic mass is 10.2. The molecule has 0 aromatic carbocycles. The maximum absolute atomic E-state index is 5.84. The third-order valence-corrected chi connectivity index (χ3v) is 3.65. The summed E-state index contributed by atoms with van der Waals surface area (Å²) in [5.74, 6) is 1.40. The zero-order chi connectivity index (χ0) is 14.1. The van der Waals surface area contributed by atoms with Gasteiger partial charge in [-0.2, -0.15) is 5.10 Å². The van der Waals surface area contributed by atoms with Crippen LogP contribution in [0.4, 0.5) is 0 Å². The third kappa shape index (κ3) is 2.81. The summed E-state index contributed by atoms with van der Waals surface area (Å²) in [7, 11) is 1.90. The first-order chi connectivity index (χ1) is 9.67. The number of ether oxygens (including phenoxy) is 1. The third-order valence-electron chi connectivity index (χ3n) is 3.44. The van der Waals surface area contributed by atoms with E-state index in [0.29, 0.717) is 17.2 Å². The fraction of sp³-hybridized carbons (Fsp3) is 0.500. The molecule has 2 aromatic rings. The van der Waals surface area contributed by atoms with Crippen LogP contribution < -0.4 is 0 Å². The Morgan fingerprint density at radius 2 is 2.35 bits per heavy atom. The van der Waals surface area contributed by atoms with Crippen molar-refractivity contribution < 1.29 is 4.74 Å². The molecule has 5 nitrogen and oxygen atoms in total. The Morgan fingerprint density at radius 3 is 2.95 bits per heavy atom. The number of aromatic nitrogens is 4. The monoisotopic (exact) mass is 290 g/mol. The summed E-state index contributed by atoms with van der Waals surface area (Å²) in [5.41, 5.74) is 1.95. The standard InChI is InChI=1S/C14H18N4OS/c1-3-19-13(9-4-5-9)14-16-11(6-12(20)17-14)10-7-15-18(2)8-10/h6-9,13H,3-5H2,1-2H3,(H,16,17,20). The smallest absolute Gasteiger partial charge is 0.137 e. The van der Waals surface area contributed by atoms with Gasteiger partial charge in [0.15, 0.2) is 0 Å². The molecule has 3 rings (SSSR count). The molecular formula is C14H18N4OS. The topological polar surface area (TPSA) is 55.7 Å². The quantitative estimate of drug-likeness (QED) is 0.860. The van der Waals surface area contributed by atoms with Gasteiger partial charge < -0.3 is 9.72 Å². The van der Waals surface area contributed by atoms with Gasteiger partial charge in [0, 0.05) is 25.4 Å². The van der Waals surface area contributed by atoms with Gasteiger partial charge in [-0.25, -0.2) is 4.98 Å². The Kier molecular flexibility index (Phi) is 3.67. The van der Waals surface area contributed by atoms with Crippen molar-refractivity contribution in [3.05, 3.63) is 28.9 Å². The van der Waals surface area contributed by atoms with Crippen LogP contribution in [0.25, 0.3) is 11.3 Å². The van der Waals surface area contributed by atoms with Crippen LogP contribution >= 0.6 is 12.2 Å². The van der Waals surface area contributed by atoms with Gasteiger partial charge in [0.1, 0.15) is 16.6 Å². The second-order valence-electron chi connectivity index (χ2n) is 5.13. The molecule has 0 saturated heterocycles. The Morgan fingerprint density at radius 1 is 1.55 bits per heavy atom. The van der Waals surface area contributed by atoms with Crippen molar-refractivity contribution in [1.82, 2.24) is 19.7 Å². The second kappa shape index (κ2) is 5.46. The minimum absolute atomic E-state index is 0.0262. The number of rotatable bonds is 5. The molecular weight excluding hydrogens is 272 g/mol. The lowest BCUT2D eigenvalue weighted by Gasteiger charge is -2.16. The molecule has 0 bridgehead atoms. The van der Waals surface area contributed by atoms with E-state index in [0.717, 1.165) is 17.1 Å². The normalized spacial score (nSPS) is 16.3. The number of H-pyrrole nitrogens is 1. The maximum Gasteiger partial charge on any atom is 0.137 e.